The fourth-order valence-corrected chi connectivity index (χ4v) is 2.25. The van der Waals surface area contributed by atoms with Crippen molar-refractivity contribution < 1.29 is 14.3 Å². The first-order valence-corrected chi connectivity index (χ1v) is 7.58. The number of aromatic nitrogens is 1. The smallest absolute Gasteiger partial charge is 0.334 e. The van der Waals surface area contributed by atoms with Crippen LogP contribution in [0, 0.1) is 0 Å². The minimum Gasteiger partial charge on any atom is -0.467 e. The minimum atomic E-state index is -1.12. The highest BCUT2D eigenvalue weighted by Gasteiger charge is 2.25. The Kier molecular flexibility index (Phi) is 6.72. The van der Waals surface area contributed by atoms with Crippen molar-refractivity contribution in [3.63, 3.8) is 0 Å². The number of ether oxygens (including phenoxy) is 1. The summed E-state index contributed by atoms with van der Waals surface area (Å²) in [6.07, 6.45) is 1.48. The fraction of sp³-hybridized carbons (Fsp3) is 0.188. The van der Waals surface area contributed by atoms with Gasteiger partial charge < -0.3 is 10.1 Å². The van der Waals surface area contributed by atoms with Crippen LogP contribution in [-0.4, -0.2) is 24.0 Å². The molecule has 0 aliphatic carbocycles. The first-order chi connectivity index (χ1) is 13.1. The maximum Gasteiger partial charge on any atom is 0.334 e. The molecule has 1 unspecified atom stereocenters. The van der Waals surface area contributed by atoms with Gasteiger partial charge in [-0.25, -0.2) is 4.79 Å². The van der Waals surface area contributed by atoms with E-state index in [-0.39, 0.29) is 17.8 Å². The van der Waals surface area contributed by atoms with Crippen LogP contribution in [0.1, 0.15) is 27.7 Å². The molecule has 0 spiro atoms. The molecule has 2 rings (SSSR count). The number of amides is 1. The monoisotopic (exact) mass is 366 g/mol. The molecule has 1 heterocycles. The Bertz CT molecular complexity index is 934. The van der Waals surface area contributed by atoms with Gasteiger partial charge in [-0.2, -0.15) is 0 Å². The van der Waals surface area contributed by atoms with Gasteiger partial charge in [-0.15, -0.1) is 0 Å². The number of carbonyl (C=O) groups is 2. The third-order valence-corrected chi connectivity index (χ3v) is 3.41. The number of hydrogen-bond donors (Lipinski definition) is 1. The average molecular weight is 366 g/mol. The molecule has 136 valence electrons. The highest BCUT2D eigenvalue weighted by molar-refractivity contribution is 5.97. The van der Waals surface area contributed by atoms with Gasteiger partial charge in [-0.05, 0) is 47.0 Å². The van der Waals surface area contributed by atoms with Crippen molar-refractivity contribution in [1.82, 2.24) is 10.3 Å². The molecular formula is C16H14N8O3. The Labute approximate surface area is 153 Å². The van der Waals surface area contributed by atoms with Crippen molar-refractivity contribution in [2.75, 3.05) is 7.11 Å². The standard InChI is InChI=1S/C16H14N8O3/c1-27-16(26)14(13-4-2-3-5-19-13)21-15(25)11-6-10(9-20-23-17)7-12(8-11)22-24-18/h2-8,14H,9H2,1H3,(H,21,25). The number of azide groups is 2. The molecule has 1 aromatic carbocycles. The van der Waals surface area contributed by atoms with Gasteiger partial charge in [-0.1, -0.05) is 16.3 Å². The molecule has 27 heavy (non-hydrogen) atoms. The second-order valence-corrected chi connectivity index (χ2v) is 5.15. The SMILES string of the molecule is COC(=O)C(NC(=O)c1cc(CN=[N+]=[N-])cc(N=[N+]=[N-])c1)c1ccccn1. The lowest BCUT2D eigenvalue weighted by molar-refractivity contribution is -0.143. The number of rotatable bonds is 7. The van der Waals surface area contributed by atoms with Gasteiger partial charge in [0.2, 0.25) is 0 Å². The number of benzene rings is 1. The van der Waals surface area contributed by atoms with Crippen molar-refractivity contribution >= 4 is 17.6 Å². The lowest BCUT2D eigenvalue weighted by Gasteiger charge is -2.16. The Morgan fingerprint density at radius 3 is 2.70 bits per heavy atom. The Morgan fingerprint density at radius 2 is 2.07 bits per heavy atom. The molecule has 0 aliphatic rings. The molecule has 1 atom stereocenters. The zero-order chi connectivity index (χ0) is 19.6. The Balaban J connectivity index is 2.36. The predicted molar refractivity (Wildman–Crippen MR) is 94.6 cm³/mol. The number of methoxy groups -OCH3 is 1. The summed E-state index contributed by atoms with van der Waals surface area (Å²) in [5.74, 6) is -1.31. The predicted octanol–water partition coefficient (Wildman–Crippen LogP) is 3.48. The Hall–Kier alpha value is -4.07. The maximum absolute atomic E-state index is 12.6. The molecule has 1 aromatic heterocycles. The molecule has 0 aliphatic heterocycles. The average Bonchev–Trinajstić information content (AvgIpc) is 2.70. The fourth-order valence-electron chi connectivity index (χ4n) is 2.25. The summed E-state index contributed by atoms with van der Waals surface area (Å²) in [6, 6.07) is 8.10. The van der Waals surface area contributed by atoms with Crippen LogP contribution < -0.4 is 5.32 Å². The van der Waals surface area contributed by atoms with Crippen molar-refractivity contribution in [3.8, 4) is 0 Å². The molecule has 11 nitrogen and oxygen atoms in total. The van der Waals surface area contributed by atoms with E-state index in [2.05, 4.69) is 30.4 Å². The first-order valence-electron chi connectivity index (χ1n) is 7.58. The molecule has 0 fully saturated rings. The molecule has 0 saturated heterocycles. The van der Waals surface area contributed by atoms with Crippen molar-refractivity contribution in [3.05, 3.63) is 80.3 Å². The van der Waals surface area contributed by atoms with Crippen LogP contribution in [-0.2, 0) is 16.1 Å². The van der Waals surface area contributed by atoms with Crippen LogP contribution in [0.5, 0.6) is 0 Å². The summed E-state index contributed by atoms with van der Waals surface area (Å²) in [5.41, 5.74) is 18.1. The van der Waals surface area contributed by atoms with Crippen molar-refractivity contribution in [2.24, 2.45) is 10.2 Å². The molecule has 1 N–H and O–H groups in total. The molecule has 0 radical (unpaired) electrons. The summed E-state index contributed by atoms with van der Waals surface area (Å²) >= 11 is 0. The number of nitrogens with zero attached hydrogens (tertiary/aromatic N) is 7. The zero-order valence-corrected chi connectivity index (χ0v) is 14.2. The number of esters is 1. The van der Waals surface area contributed by atoms with Gasteiger partial charge in [0.25, 0.3) is 5.91 Å². The van der Waals surface area contributed by atoms with Crippen LogP contribution in [0.2, 0.25) is 0 Å². The topological polar surface area (TPSA) is 166 Å². The number of hydrogen-bond acceptors (Lipinski definition) is 6. The van der Waals surface area contributed by atoms with Gasteiger partial charge in [0.1, 0.15) is 0 Å². The van der Waals surface area contributed by atoms with Crippen LogP contribution >= 0.6 is 0 Å². The summed E-state index contributed by atoms with van der Waals surface area (Å²) < 4.78 is 4.73. The molecule has 0 bridgehead atoms. The minimum absolute atomic E-state index is 0.0355. The van der Waals surface area contributed by atoms with Crippen LogP contribution in [0.25, 0.3) is 20.9 Å². The van der Waals surface area contributed by atoms with Crippen molar-refractivity contribution in [1.29, 1.82) is 0 Å². The van der Waals surface area contributed by atoms with Crippen LogP contribution in [0.4, 0.5) is 5.69 Å². The van der Waals surface area contributed by atoms with E-state index in [1.807, 2.05) is 0 Å². The van der Waals surface area contributed by atoms with E-state index in [1.54, 1.807) is 18.2 Å². The third-order valence-electron chi connectivity index (χ3n) is 3.41. The second-order valence-electron chi connectivity index (χ2n) is 5.15. The quantitative estimate of drug-likeness (QED) is 0.343. The second kappa shape index (κ2) is 9.42. The highest BCUT2D eigenvalue weighted by Crippen LogP contribution is 2.20. The molecule has 0 saturated carbocycles. The zero-order valence-electron chi connectivity index (χ0n) is 14.2. The first kappa shape index (κ1) is 19.3. The lowest BCUT2D eigenvalue weighted by Crippen LogP contribution is -2.35. The number of pyridine rings is 1. The van der Waals surface area contributed by atoms with Gasteiger partial charge in [0.05, 0.1) is 19.3 Å². The summed E-state index contributed by atoms with van der Waals surface area (Å²) in [6.45, 7) is -0.0355. The normalized spacial score (nSPS) is 10.7. The van der Waals surface area contributed by atoms with Gasteiger partial charge in [0.15, 0.2) is 6.04 Å². The molecular weight excluding hydrogens is 352 g/mol. The lowest BCUT2D eigenvalue weighted by atomic mass is 10.1. The third kappa shape index (κ3) is 5.20. The van der Waals surface area contributed by atoms with E-state index >= 15 is 0 Å². The van der Waals surface area contributed by atoms with Crippen LogP contribution in [0.3, 0.4) is 0 Å². The summed E-state index contributed by atoms with van der Waals surface area (Å²) in [7, 11) is 1.20. The molecule has 2 aromatic rings. The van der Waals surface area contributed by atoms with Gasteiger partial charge in [0, 0.05) is 27.3 Å². The summed E-state index contributed by atoms with van der Waals surface area (Å²) in [5, 5.41) is 9.43. The van der Waals surface area contributed by atoms with E-state index < -0.39 is 17.9 Å². The Morgan fingerprint density at radius 1 is 1.26 bits per heavy atom. The highest BCUT2D eigenvalue weighted by atomic mass is 16.5. The maximum atomic E-state index is 12.6. The van der Waals surface area contributed by atoms with E-state index in [9.17, 15) is 9.59 Å². The number of carbonyl (C=O) groups excluding carboxylic acids is 2. The van der Waals surface area contributed by atoms with E-state index in [0.717, 1.165) is 0 Å². The molecule has 1 amide bonds. The van der Waals surface area contributed by atoms with E-state index in [0.29, 0.717) is 11.3 Å². The van der Waals surface area contributed by atoms with Crippen molar-refractivity contribution in [2.45, 2.75) is 12.6 Å². The van der Waals surface area contributed by atoms with E-state index in [1.165, 1.54) is 31.5 Å². The largest absolute Gasteiger partial charge is 0.467 e. The summed E-state index contributed by atoms with van der Waals surface area (Å²) in [4.78, 5) is 34.1. The van der Waals surface area contributed by atoms with Gasteiger partial charge in [-0.3, -0.25) is 9.78 Å². The van der Waals surface area contributed by atoms with Crippen LogP contribution in [0.15, 0.2) is 52.8 Å². The molecule has 11 heteroatoms. The van der Waals surface area contributed by atoms with E-state index in [4.69, 9.17) is 15.8 Å². The number of nitrogens with one attached hydrogen (secondary N) is 1. The van der Waals surface area contributed by atoms with Gasteiger partial charge >= 0.3 is 5.97 Å².